The minimum Gasteiger partial charge on any atom is -0.484 e. The van der Waals surface area contributed by atoms with E-state index in [9.17, 15) is 18.0 Å². The van der Waals surface area contributed by atoms with Gasteiger partial charge >= 0.3 is 6.18 Å². The van der Waals surface area contributed by atoms with Gasteiger partial charge in [0.15, 0.2) is 6.61 Å². The highest BCUT2D eigenvalue weighted by molar-refractivity contribution is 5.77. The molecule has 1 aliphatic rings. The van der Waals surface area contributed by atoms with Crippen LogP contribution in [-0.4, -0.2) is 19.1 Å². The monoisotopic (exact) mass is 327 g/mol. The molecular weight excluding hydrogens is 307 g/mol. The maximum Gasteiger partial charge on any atom is 0.416 e. The van der Waals surface area contributed by atoms with Crippen molar-refractivity contribution in [3.05, 3.63) is 41.5 Å². The minimum absolute atomic E-state index is 0.204. The highest BCUT2D eigenvalue weighted by Crippen LogP contribution is 2.30. The highest BCUT2D eigenvalue weighted by Gasteiger charge is 2.30. The summed E-state index contributed by atoms with van der Waals surface area (Å²) in [5.41, 5.74) is 0.635. The molecule has 1 aromatic rings. The van der Waals surface area contributed by atoms with Gasteiger partial charge in [-0.3, -0.25) is 4.79 Å². The van der Waals surface area contributed by atoms with E-state index in [0.717, 1.165) is 31.4 Å². The predicted molar refractivity (Wildman–Crippen MR) is 81.1 cm³/mol. The standard InChI is InChI=1S/C17H20F3NO2/c18-17(19,20)14-6-8-15(9-7-14)23-12-16(22)21-11-10-13-4-2-1-3-5-13/h4,6-9H,1-3,5,10-12H2,(H,21,22). The van der Waals surface area contributed by atoms with Gasteiger partial charge in [-0.05, 0) is 56.4 Å². The lowest BCUT2D eigenvalue weighted by molar-refractivity contribution is -0.137. The number of halogens is 3. The average molecular weight is 327 g/mol. The topological polar surface area (TPSA) is 38.3 Å². The van der Waals surface area contributed by atoms with E-state index in [0.29, 0.717) is 6.54 Å². The van der Waals surface area contributed by atoms with E-state index in [2.05, 4.69) is 11.4 Å². The van der Waals surface area contributed by atoms with Crippen molar-refractivity contribution in [3.8, 4) is 5.75 Å². The van der Waals surface area contributed by atoms with Gasteiger partial charge in [-0.25, -0.2) is 0 Å². The van der Waals surface area contributed by atoms with E-state index in [1.165, 1.54) is 30.5 Å². The van der Waals surface area contributed by atoms with E-state index in [1.54, 1.807) is 0 Å². The summed E-state index contributed by atoms with van der Waals surface area (Å²) in [6.07, 6.45) is 3.34. The molecule has 0 unspecified atom stereocenters. The Morgan fingerprint density at radius 1 is 1.17 bits per heavy atom. The Hall–Kier alpha value is -1.98. The molecule has 0 aromatic heterocycles. The summed E-state index contributed by atoms with van der Waals surface area (Å²) < 4.78 is 42.4. The molecule has 0 spiro atoms. The molecule has 3 nitrogen and oxygen atoms in total. The first kappa shape index (κ1) is 17.4. The third kappa shape index (κ3) is 5.96. The smallest absolute Gasteiger partial charge is 0.416 e. The van der Waals surface area contributed by atoms with Crippen molar-refractivity contribution < 1.29 is 22.7 Å². The zero-order chi connectivity index (χ0) is 16.7. The fraction of sp³-hybridized carbons (Fsp3) is 0.471. The van der Waals surface area contributed by atoms with E-state index in [1.807, 2.05) is 0 Å². The highest BCUT2D eigenvalue weighted by atomic mass is 19.4. The van der Waals surface area contributed by atoms with Crippen LogP contribution in [0, 0.1) is 0 Å². The number of rotatable bonds is 6. The molecule has 126 valence electrons. The Bertz CT molecular complexity index is 550. The summed E-state index contributed by atoms with van der Waals surface area (Å²) in [5.74, 6) is -0.0375. The molecule has 0 heterocycles. The number of ether oxygens (including phenoxy) is 1. The summed E-state index contributed by atoms with van der Waals surface area (Å²) in [4.78, 5) is 11.6. The molecule has 0 radical (unpaired) electrons. The minimum atomic E-state index is -4.37. The van der Waals surface area contributed by atoms with E-state index in [-0.39, 0.29) is 18.3 Å². The normalized spacial score (nSPS) is 15.0. The van der Waals surface area contributed by atoms with Crippen LogP contribution >= 0.6 is 0 Å². The van der Waals surface area contributed by atoms with Gasteiger partial charge in [-0.1, -0.05) is 11.6 Å². The SMILES string of the molecule is O=C(COc1ccc(C(F)(F)F)cc1)NCCC1=CCCCC1. The van der Waals surface area contributed by atoms with Crippen molar-refractivity contribution in [2.45, 2.75) is 38.3 Å². The van der Waals surface area contributed by atoms with Crippen molar-refractivity contribution >= 4 is 5.91 Å². The van der Waals surface area contributed by atoms with E-state index < -0.39 is 11.7 Å². The average Bonchev–Trinajstić information content (AvgIpc) is 2.53. The van der Waals surface area contributed by atoms with Crippen LogP contribution in [0.1, 0.15) is 37.7 Å². The van der Waals surface area contributed by atoms with Gasteiger partial charge in [0.2, 0.25) is 0 Å². The lowest BCUT2D eigenvalue weighted by atomic mass is 9.97. The van der Waals surface area contributed by atoms with Crippen LogP contribution in [0.25, 0.3) is 0 Å². The van der Waals surface area contributed by atoms with Crippen LogP contribution in [0.3, 0.4) is 0 Å². The molecular formula is C17H20F3NO2. The fourth-order valence-corrected chi connectivity index (χ4v) is 2.43. The zero-order valence-electron chi connectivity index (χ0n) is 12.8. The van der Waals surface area contributed by atoms with Gasteiger partial charge < -0.3 is 10.1 Å². The lowest BCUT2D eigenvalue weighted by Gasteiger charge is -2.13. The molecule has 1 aliphatic carbocycles. The van der Waals surface area contributed by atoms with Crippen LogP contribution in [0.4, 0.5) is 13.2 Å². The summed E-state index contributed by atoms with van der Waals surface area (Å²) in [5, 5.41) is 2.75. The molecule has 0 bridgehead atoms. The third-order valence-electron chi connectivity index (χ3n) is 3.70. The summed E-state index contributed by atoms with van der Waals surface area (Å²) >= 11 is 0. The van der Waals surface area contributed by atoms with E-state index in [4.69, 9.17) is 4.74 Å². The number of carbonyl (C=O) groups is 1. The van der Waals surface area contributed by atoms with Gasteiger partial charge in [0.05, 0.1) is 5.56 Å². The number of carbonyl (C=O) groups excluding carboxylic acids is 1. The third-order valence-corrected chi connectivity index (χ3v) is 3.70. The zero-order valence-corrected chi connectivity index (χ0v) is 12.8. The van der Waals surface area contributed by atoms with Gasteiger partial charge in [0.1, 0.15) is 5.75 Å². The van der Waals surface area contributed by atoms with E-state index >= 15 is 0 Å². The molecule has 0 saturated heterocycles. The lowest BCUT2D eigenvalue weighted by Crippen LogP contribution is -2.30. The molecule has 23 heavy (non-hydrogen) atoms. The molecule has 0 fully saturated rings. The van der Waals surface area contributed by atoms with Crippen LogP contribution in [-0.2, 0) is 11.0 Å². The molecule has 6 heteroatoms. The summed E-state index contributed by atoms with van der Waals surface area (Å²) in [7, 11) is 0. The van der Waals surface area contributed by atoms with Gasteiger partial charge in [-0.2, -0.15) is 13.2 Å². The van der Waals surface area contributed by atoms with Gasteiger partial charge in [0.25, 0.3) is 5.91 Å². The summed E-state index contributed by atoms with van der Waals surface area (Å²) in [6, 6.07) is 4.29. The molecule has 0 atom stereocenters. The quantitative estimate of drug-likeness (QED) is 0.799. The number of benzene rings is 1. The summed E-state index contributed by atoms with van der Waals surface area (Å²) in [6.45, 7) is 0.353. The number of amides is 1. The molecule has 1 N–H and O–H groups in total. The Morgan fingerprint density at radius 2 is 1.91 bits per heavy atom. The molecule has 0 saturated carbocycles. The van der Waals surface area contributed by atoms with Crippen LogP contribution in [0.5, 0.6) is 5.75 Å². The first-order valence-electron chi connectivity index (χ1n) is 7.70. The largest absolute Gasteiger partial charge is 0.484 e. The Morgan fingerprint density at radius 3 is 2.52 bits per heavy atom. The van der Waals surface area contributed by atoms with Crippen molar-refractivity contribution in [3.63, 3.8) is 0 Å². The van der Waals surface area contributed by atoms with Gasteiger partial charge in [0, 0.05) is 6.54 Å². The van der Waals surface area contributed by atoms with Crippen molar-refractivity contribution in [2.24, 2.45) is 0 Å². The Balaban J connectivity index is 1.68. The van der Waals surface area contributed by atoms with Gasteiger partial charge in [-0.15, -0.1) is 0 Å². The number of allylic oxidation sites excluding steroid dienone is 1. The predicted octanol–water partition coefficient (Wildman–Crippen LogP) is 4.09. The number of alkyl halides is 3. The maximum absolute atomic E-state index is 12.4. The molecule has 1 amide bonds. The maximum atomic E-state index is 12.4. The van der Waals surface area contributed by atoms with Crippen LogP contribution in [0.15, 0.2) is 35.9 Å². The van der Waals surface area contributed by atoms with Crippen molar-refractivity contribution in [2.75, 3.05) is 13.2 Å². The number of nitrogens with one attached hydrogen (secondary N) is 1. The molecule has 2 rings (SSSR count). The number of hydrogen-bond donors (Lipinski definition) is 1. The van der Waals surface area contributed by atoms with Crippen molar-refractivity contribution in [1.82, 2.24) is 5.32 Å². The second kappa shape index (κ2) is 8.04. The first-order valence-corrected chi connectivity index (χ1v) is 7.70. The second-order valence-electron chi connectivity index (χ2n) is 5.52. The Labute approximate surface area is 133 Å². The fourth-order valence-electron chi connectivity index (χ4n) is 2.43. The molecule has 0 aliphatic heterocycles. The van der Waals surface area contributed by atoms with Crippen LogP contribution in [0.2, 0.25) is 0 Å². The molecule has 1 aromatic carbocycles. The van der Waals surface area contributed by atoms with Crippen LogP contribution < -0.4 is 10.1 Å². The Kier molecular flexibility index (Phi) is 6.07. The first-order chi connectivity index (χ1) is 10.9. The number of hydrogen-bond acceptors (Lipinski definition) is 2. The van der Waals surface area contributed by atoms with Crippen molar-refractivity contribution in [1.29, 1.82) is 0 Å². The second-order valence-corrected chi connectivity index (χ2v) is 5.52.